The number of likely N-dealkylation sites (N-methyl/N-ethyl adjacent to an activating group) is 1. The van der Waals surface area contributed by atoms with E-state index in [0.29, 0.717) is 18.1 Å². The average molecular weight is 287 g/mol. The Labute approximate surface area is 119 Å². The predicted molar refractivity (Wildman–Crippen MR) is 70.6 cm³/mol. The molecule has 0 bridgehead atoms. The number of rotatable bonds is 5. The molecule has 9 heteroatoms. The Morgan fingerprint density at radius 3 is 3.14 bits per heavy atom. The van der Waals surface area contributed by atoms with E-state index in [4.69, 9.17) is 4.42 Å². The van der Waals surface area contributed by atoms with Crippen LogP contribution in [0.15, 0.2) is 35.2 Å². The standard InChI is InChI=1S/C12H13N7O2/c1-18(7-9-5-13-14-6-9)11(20)8-19-16-12(15-17-19)10-3-2-4-21-10/h2-6H,7-8H2,1H3,(H,13,14). The van der Waals surface area contributed by atoms with E-state index in [-0.39, 0.29) is 12.5 Å². The summed E-state index contributed by atoms with van der Waals surface area (Å²) in [5.74, 6) is 0.741. The minimum atomic E-state index is -0.125. The number of aromatic amines is 1. The van der Waals surface area contributed by atoms with E-state index in [1.54, 1.807) is 36.5 Å². The molecule has 0 saturated heterocycles. The number of furan rings is 1. The number of aromatic nitrogens is 6. The number of nitrogens with one attached hydrogen (secondary N) is 1. The maximum absolute atomic E-state index is 12.1. The molecule has 3 aromatic heterocycles. The van der Waals surface area contributed by atoms with Crippen molar-refractivity contribution in [1.29, 1.82) is 0 Å². The van der Waals surface area contributed by atoms with Crippen molar-refractivity contribution in [3.63, 3.8) is 0 Å². The van der Waals surface area contributed by atoms with Crippen LogP contribution in [0.25, 0.3) is 11.6 Å². The molecule has 0 aliphatic heterocycles. The van der Waals surface area contributed by atoms with Gasteiger partial charge in [0.15, 0.2) is 5.76 Å². The second kappa shape index (κ2) is 5.57. The van der Waals surface area contributed by atoms with Crippen molar-refractivity contribution >= 4 is 5.91 Å². The average Bonchev–Trinajstić information content (AvgIpc) is 3.20. The summed E-state index contributed by atoms with van der Waals surface area (Å²) < 4.78 is 5.17. The number of carbonyl (C=O) groups excluding carboxylic acids is 1. The molecule has 0 radical (unpaired) electrons. The third-order valence-corrected chi connectivity index (χ3v) is 2.87. The number of hydrogen-bond donors (Lipinski definition) is 1. The molecule has 3 aromatic rings. The highest BCUT2D eigenvalue weighted by atomic mass is 16.3. The zero-order valence-electron chi connectivity index (χ0n) is 11.3. The third-order valence-electron chi connectivity index (χ3n) is 2.87. The molecule has 0 atom stereocenters. The van der Waals surface area contributed by atoms with E-state index in [1.807, 2.05) is 0 Å². The summed E-state index contributed by atoms with van der Waals surface area (Å²) in [5, 5.41) is 18.3. The van der Waals surface area contributed by atoms with Crippen LogP contribution in [0.5, 0.6) is 0 Å². The summed E-state index contributed by atoms with van der Waals surface area (Å²) in [5.41, 5.74) is 0.925. The minimum absolute atomic E-state index is 0.0159. The summed E-state index contributed by atoms with van der Waals surface area (Å²) in [6.07, 6.45) is 4.94. The largest absolute Gasteiger partial charge is 0.461 e. The zero-order chi connectivity index (χ0) is 14.7. The number of nitrogens with zero attached hydrogens (tertiary/aromatic N) is 6. The number of amides is 1. The number of H-pyrrole nitrogens is 1. The molecule has 0 aromatic carbocycles. The Bertz CT molecular complexity index is 702. The van der Waals surface area contributed by atoms with Crippen LogP contribution >= 0.6 is 0 Å². The summed E-state index contributed by atoms with van der Waals surface area (Å²) in [4.78, 5) is 14.9. The van der Waals surface area contributed by atoms with E-state index < -0.39 is 0 Å². The van der Waals surface area contributed by atoms with Crippen LogP contribution in [0.2, 0.25) is 0 Å². The van der Waals surface area contributed by atoms with Gasteiger partial charge < -0.3 is 9.32 Å². The third kappa shape index (κ3) is 2.96. The van der Waals surface area contributed by atoms with Gasteiger partial charge >= 0.3 is 0 Å². The van der Waals surface area contributed by atoms with Gasteiger partial charge in [0.05, 0.1) is 12.5 Å². The van der Waals surface area contributed by atoms with Crippen LogP contribution in [0.4, 0.5) is 0 Å². The van der Waals surface area contributed by atoms with Gasteiger partial charge in [-0.25, -0.2) is 0 Å². The zero-order valence-corrected chi connectivity index (χ0v) is 11.3. The lowest BCUT2D eigenvalue weighted by atomic mass is 10.3. The van der Waals surface area contributed by atoms with Crippen molar-refractivity contribution in [2.24, 2.45) is 0 Å². The second-order valence-corrected chi connectivity index (χ2v) is 4.48. The first kappa shape index (κ1) is 13.0. The van der Waals surface area contributed by atoms with Gasteiger partial charge in [0.1, 0.15) is 6.54 Å². The van der Waals surface area contributed by atoms with Crippen LogP contribution in [0, 0.1) is 0 Å². The molecule has 9 nitrogen and oxygen atoms in total. The topological polar surface area (TPSA) is 106 Å². The molecule has 1 N–H and O–H groups in total. The molecule has 21 heavy (non-hydrogen) atoms. The Balaban J connectivity index is 1.62. The molecule has 0 unspecified atom stereocenters. The second-order valence-electron chi connectivity index (χ2n) is 4.48. The monoisotopic (exact) mass is 287 g/mol. The number of hydrogen-bond acceptors (Lipinski definition) is 6. The van der Waals surface area contributed by atoms with Crippen molar-refractivity contribution < 1.29 is 9.21 Å². The molecule has 0 aliphatic rings. The molecule has 0 saturated carbocycles. The van der Waals surface area contributed by atoms with E-state index in [0.717, 1.165) is 5.56 Å². The van der Waals surface area contributed by atoms with Gasteiger partial charge in [-0.1, -0.05) is 0 Å². The van der Waals surface area contributed by atoms with Gasteiger partial charge in [-0.3, -0.25) is 9.89 Å². The first-order valence-corrected chi connectivity index (χ1v) is 6.25. The lowest BCUT2D eigenvalue weighted by molar-refractivity contribution is -0.131. The fourth-order valence-corrected chi connectivity index (χ4v) is 1.78. The van der Waals surface area contributed by atoms with Crippen molar-refractivity contribution in [2.45, 2.75) is 13.1 Å². The van der Waals surface area contributed by atoms with E-state index >= 15 is 0 Å². The normalized spacial score (nSPS) is 10.7. The van der Waals surface area contributed by atoms with Gasteiger partial charge in [0, 0.05) is 25.4 Å². The van der Waals surface area contributed by atoms with Crippen molar-refractivity contribution in [2.75, 3.05) is 7.05 Å². The van der Waals surface area contributed by atoms with E-state index in [1.165, 1.54) is 11.1 Å². The maximum Gasteiger partial charge on any atom is 0.246 e. The summed E-state index contributed by atoms with van der Waals surface area (Å²) in [6, 6.07) is 3.47. The fourth-order valence-electron chi connectivity index (χ4n) is 1.78. The Kier molecular flexibility index (Phi) is 3.46. The molecule has 0 fully saturated rings. The van der Waals surface area contributed by atoms with Crippen LogP contribution in [0.1, 0.15) is 5.56 Å². The highest BCUT2D eigenvalue weighted by Gasteiger charge is 2.14. The molecule has 0 aliphatic carbocycles. The Hall–Kier alpha value is -2.97. The number of tetrazole rings is 1. The maximum atomic E-state index is 12.1. The van der Waals surface area contributed by atoms with Crippen LogP contribution in [-0.2, 0) is 17.9 Å². The predicted octanol–water partition coefficient (Wildman–Crippen LogP) is 0.315. The summed E-state index contributed by atoms with van der Waals surface area (Å²) >= 11 is 0. The van der Waals surface area contributed by atoms with E-state index in [9.17, 15) is 4.79 Å². The van der Waals surface area contributed by atoms with Gasteiger partial charge in [0.25, 0.3) is 0 Å². The molecule has 0 spiro atoms. The summed E-state index contributed by atoms with van der Waals surface area (Å²) in [6.45, 7) is 0.483. The molecular formula is C12H13N7O2. The SMILES string of the molecule is CN(Cc1cn[nH]c1)C(=O)Cn1nnc(-c2ccco2)n1. The molecule has 3 heterocycles. The van der Waals surface area contributed by atoms with Crippen molar-refractivity contribution in [3.05, 3.63) is 36.4 Å². The highest BCUT2D eigenvalue weighted by molar-refractivity contribution is 5.75. The Morgan fingerprint density at radius 1 is 1.52 bits per heavy atom. The fraction of sp³-hybridized carbons (Fsp3) is 0.250. The van der Waals surface area contributed by atoms with Gasteiger partial charge in [-0.2, -0.15) is 9.90 Å². The van der Waals surface area contributed by atoms with Crippen LogP contribution in [0.3, 0.4) is 0 Å². The van der Waals surface area contributed by atoms with Gasteiger partial charge in [-0.15, -0.1) is 10.2 Å². The smallest absolute Gasteiger partial charge is 0.246 e. The van der Waals surface area contributed by atoms with Crippen LogP contribution < -0.4 is 0 Å². The van der Waals surface area contributed by atoms with Gasteiger partial charge in [-0.05, 0) is 17.3 Å². The van der Waals surface area contributed by atoms with E-state index in [2.05, 4.69) is 25.6 Å². The lowest BCUT2D eigenvalue weighted by Gasteiger charge is -2.15. The molecular weight excluding hydrogens is 274 g/mol. The van der Waals surface area contributed by atoms with Gasteiger partial charge in [0.2, 0.25) is 11.7 Å². The molecule has 3 rings (SSSR count). The molecule has 108 valence electrons. The van der Waals surface area contributed by atoms with Crippen molar-refractivity contribution in [1.82, 2.24) is 35.3 Å². The number of carbonyl (C=O) groups is 1. The molecule has 1 amide bonds. The minimum Gasteiger partial charge on any atom is -0.461 e. The first-order valence-electron chi connectivity index (χ1n) is 6.25. The van der Waals surface area contributed by atoms with Crippen LogP contribution in [-0.4, -0.2) is 48.3 Å². The van der Waals surface area contributed by atoms with Crippen molar-refractivity contribution in [3.8, 4) is 11.6 Å². The Morgan fingerprint density at radius 2 is 2.43 bits per heavy atom. The highest BCUT2D eigenvalue weighted by Crippen LogP contribution is 2.12. The summed E-state index contributed by atoms with van der Waals surface area (Å²) in [7, 11) is 1.71. The lowest BCUT2D eigenvalue weighted by Crippen LogP contribution is -2.30. The first-order chi connectivity index (χ1) is 10.2. The quantitative estimate of drug-likeness (QED) is 0.724.